The molecule has 2 rings (SSSR count). The molecule has 1 heterocycles. The Morgan fingerprint density at radius 3 is 2.93 bits per heavy atom. The molecule has 0 atom stereocenters. The van der Waals surface area contributed by atoms with Crippen molar-refractivity contribution in [3.63, 3.8) is 0 Å². The van der Waals surface area contributed by atoms with E-state index in [0.29, 0.717) is 6.54 Å². The molecule has 0 bridgehead atoms. The van der Waals surface area contributed by atoms with E-state index < -0.39 is 0 Å². The van der Waals surface area contributed by atoms with Gasteiger partial charge in [-0.3, -0.25) is 0 Å². The number of para-hydroxylation sites is 1. The topological polar surface area (TPSA) is 9.29 Å². The van der Waals surface area contributed by atoms with Crippen LogP contribution in [0.15, 0.2) is 28.7 Å². The minimum atomic E-state index is 0.557. The number of rotatable bonds is 2. The van der Waals surface area contributed by atoms with Crippen LogP contribution in [0.2, 0.25) is 0 Å². The Balaban J connectivity index is 2.56. The van der Waals surface area contributed by atoms with Crippen LogP contribution in [0.3, 0.4) is 0 Å². The van der Waals surface area contributed by atoms with Crippen molar-refractivity contribution in [1.29, 1.82) is 0 Å². The quantitative estimate of drug-likeness (QED) is 0.734. The van der Waals surface area contributed by atoms with Gasteiger partial charge in [-0.2, -0.15) is 0 Å². The number of fused-ring (bicyclic) bond motifs is 1. The van der Waals surface area contributed by atoms with Gasteiger partial charge in [0, 0.05) is 22.6 Å². The van der Waals surface area contributed by atoms with Gasteiger partial charge in [-0.15, -0.1) is 0 Å². The van der Waals surface area contributed by atoms with E-state index in [0.717, 1.165) is 10.9 Å². The molecule has 76 valence electrons. The average molecular weight is 263 g/mol. The first-order valence-electron chi connectivity index (χ1n) is 4.80. The molecule has 2 aromatic rings. The maximum absolute atomic E-state index is 6.81. The number of halogens is 1. The Kier molecular flexibility index (Phi) is 2.79. The van der Waals surface area contributed by atoms with Crippen molar-refractivity contribution < 1.29 is 0 Å². The molecule has 0 amide bonds. The van der Waals surface area contributed by atoms with E-state index in [9.17, 15) is 0 Å². The minimum absolute atomic E-state index is 0.557. The summed E-state index contributed by atoms with van der Waals surface area (Å²) in [5, 5.41) is 1.23. The number of benzene rings is 1. The molecule has 1 aromatic carbocycles. The van der Waals surface area contributed by atoms with Gasteiger partial charge in [0.25, 0.3) is 0 Å². The third-order valence-corrected chi connectivity index (χ3v) is 3.23. The maximum Gasteiger partial charge on any atom is 0.220 e. The molecule has 3 heteroatoms. The second-order valence-corrected chi connectivity index (χ2v) is 4.36. The first-order chi connectivity index (χ1) is 7.24. The summed E-state index contributed by atoms with van der Waals surface area (Å²) >= 11 is 3.55. The number of nitrogens with zero attached hydrogens (tertiary/aromatic N) is 2. The molecule has 2 nitrogen and oxygen atoms in total. The summed E-state index contributed by atoms with van der Waals surface area (Å²) in [6, 6.07) is 8.33. The van der Waals surface area contributed by atoms with Gasteiger partial charge in [-0.1, -0.05) is 12.1 Å². The van der Waals surface area contributed by atoms with Crippen molar-refractivity contribution in [3.05, 3.63) is 45.8 Å². The van der Waals surface area contributed by atoms with Crippen LogP contribution in [0.1, 0.15) is 5.69 Å². The molecule has 0 saturated heterocycles. The van der Waals surface area contributed by atoms with Crippen molar-refractivity contribution in [3.8, 4) is 0 Å². The number of aryl methyl sites for hydroxylation is 1. The average Bonchev–Trinajstić information content (AvgIpc) is 2.54. The minimum Gasteiger partial charge on any atom is -0.346 e. The van der Waals surface area contributed by atoms with Gasteiger partial charge in [-0.25, -0.2) is 6.57 Å². The molecule has 0 unspecified atom stereocenters. The molecule has 0 radical (unpaired) electrons. The van der Waals surface area contributed by atoms with Gasteiger partial charge >= 0.3 is 0 Å². The predicted octanol–water partition coefficient (Wildman–Crippen LogP) is 3.40. The number of hydrogen-bond acceptors (Lipinski definition) is 0. The molecule has 0 aliphatic rings. The van der Waals surface area contributed by atoms with Crippen LogP contribution in [-0.2, 0) is 13.5 Å². The van der Waals surface area contributed by atoms with Crippen LogP contribution in [-0.4, -0.2) is 11.1 Å². The zero-order chi connectivity index (χ0) is 10.8. The summed E-state index contributed by atoms with van der Waals surface area (Å²) in [6.45, 7) is 7.36. The molecular weight excluding hydrogens is 252 g/mol. The first-order valence-corrected chi connectivity index (χ1v) is 5.59. The maximum atomic E-state index is 6.81. The van der Waals surface area contributed by atoms with Crippen LogP contribution in [0.5, 0.6) is 0 Å². The molecule has 15 heavy (non-hydrogen) atoms. The van der Waals surface area contributed by atoms with E-state index in [4.69, 9.17) is 6.57 Å². The summed E-state index contributed by atoms with van der Waals surface area (Å²) in [5.41, 5.74) is 2.42. The van der Waals surface area contributed by atoms with E-state index in [1.54, 1.807) is 0 Å². The zero-order valence-corrected chi connectivity index (χ0v) is 10.1. The first kappa shape index (κ1) is 10.3. The lowest BCUT2D eigenvalue weighted by molar-refractivity contribution is 0.853. The van der Waals surface area contributed by atoms with Gasteiger partial charge in [-0.05, 0) is 28.1 Å². The Hall–Kier alpha value is -1.27. The number of hydrogen-bond donors (Lipinski definition) is 0. The van der Waals surface area contributed by atoms with Crippen molar-refractivity contribution in [2.75, 3.05) is 6.54 Å². The second-order valence-electron chi connectivity index (χ2n) is 3.50. The van der Waals surface area contributed by atoms with E-state index in [1.165, 1.54) is 16.6 Å². The Morgan fingerprint density at radius 1 is 1.47 bits per heavy atom. The molecule has 1 aromatic heterocycles. The second kappa shape index (κ2) is 4.08. The number of aromatic nitrogens is 1. The van der Waals surface area contributed by atoms with Gasteiger partial charge in [0.05, 0.1) is 11.9 Å². The Morgan fingerprint density at radius 2 is 2.27 bits per heavy atom. The molecule has 0 aliphatic carbocycles. The molecule has 0 aliphatic heterocycles. The van der Waals surface area contributed by atoms with Crippen LogP contribution in [0, 0.1) is 6.57 Å². The Labute approximate surface area is 97.5 Å². The van der Waals surface area contributed by atoms with Gasteiger partial charge in [0.1, 0.15) is 0 Å². The molecule has 0 saturated carbocycles. The summed E-state index contributed by atoms with van der Waals surface area (Å²) in [7, 11) is 2.05. The summed E-state index contributed by atoms with van der Waals surface area (Å²) in [6.07, 6.45) is 0.821. The Bertz CT molecular complexity index is 534. The van der Waals surface area contributed by atoms with Crippen molar-refractivity contribution in [2.24, 2.45) is 7.05 Å². The zero-order valence-electron chi connectivity index (χ0n) is 8.50. The van der Waals surface area contributed by atoms with Crippen LogP contribution in [0.25, 0.3) is 15.7 Å². The molecule has 0 spiro atoms. The van der Waals surface area contributed by atoms with Gasteiger partial charge in [0.2, 0.25) is 6.54 Å². The highest BCUT2D eigenvalue weighted by Crippen LogP contribution is 2.26. The lowest BCUT2D eigenvalue weighted by Gasteiger charge is -2.02. The fraction of sp³-hybridized carbons (Fsp3) is 0.250. The standard InChI is InChI=1S/C12H11BrN2/c1-14-7-6-10-8-9-4-3-5-11(13)12(9)15(10)2/h3-5,8H,6-7H2,2H3. The van der Waals surface area contributed by atoms with E-state index in [2.05, 4.69) is 37.5 Å². The summed E-state index contributed by atoms with van der Waals surface area (Å²) in [4.78, 5) is 3.39. The normalized spacial score (nSPS) is 10.5. The SMILES string of the molecule is [C-]#[N+]CCc1cc2cccc(Br)c2n1C. The van der Waals surface area contributed by atoms with Gasteiger partial charge < -0.3 is 9.41 Å². The summed E-state index contributed by atoms with van der Waals surface area (Å²) < 4.78 is 3.27. The fourth-order valence-electron chi connectivity index (χ4n) is 1.83. The van der Waals surface area contributed by atoms with E-state index >= 15 is 0 Å². The van der Waals surface area contributed by atoms with Crippen molar-refractivity contribution in [2.45, 2.75) is 6.42 Å². The van der Waals surface area contributed by atoms with Crippen LogP contribution < -0.4 is 0 Å². The predicted molar refractivity (Wildman–Crippen MR) is 65.8 cm³/mol. The monoisotopic (exact) mass is 262 g/mol. The van der Waals surface area contributed by atoms with Crippen LogP contribution >= 0.6 is 15.9 Å². The van der Waals surface area contributed by atoms with Crippen molar-refractivity contribution >= 4 is 26.8 Å². The van der Waals surface area contributed by atoms with E-state index in [1.807, 2.05) is 19.2 Å². The molecule has 0 fully saturated rings. The third kappa shape index (κ3) is 1.78. The largest absolute Gasteiger partial charge is 0.346 e. The highest BCUT2D eigenvalue weighted by molar-refractivity contribution is 9.10. The lowest BCUT2D eigenvalue weighted by atomic mass is 10.2. The van der Waals surface area contributed by atoms with E-state index in [-0.39, 0.29) is 0 Å². The smallest absolute Gasteiger partial charge is 0.220 e. The molecule has 0 N–H and O–H groups in total. The third-order valence-electron chi connectivity index (χ3n) is 2.59. The fourth-order valence-corrected chi connectivity index (χ4v) is 2.48. The van der Waals surface area contributed by atoms with Gasteiger partial charge in [0.15, 0.2) is 0 Å². The summed E-state index contributed by atoms with van der Waals surface area (Å²) in [5.74, 6) is 0. The highest BCUT2D eigenvalue weighted by Gasteiger charge is 2.08. The molecular formula is C12H11BrN2. The lowest BCUT2D eigenvalue weighted by Crippen LogP contribution is -1.97. The highest BCUT2D eigenvalue weighted by atomic mass is 79.9. The van der Waals surface area contributed by atoms with Crippen molar-refractivity contribution in [1.82, 2.24) is 4.57 Å². The van der Waals surface area contributed by atoms with Crippen LogP contribution in [0.4, 0.5) is 0 Å².